The van der Waals surface area contributed by atoms with E-state index in [1.807, 2.05) is 0 Å². The summed E-state index contributed by atoms with van der Waals surface area (Å²) in [5.74, 6) is 0. The minimum absolute atomic E-state index is 0.0723. The summed E-state index contributed by atoms with van der Waals surface area (Å²) >= 11 is 1.66. The molecule has 1 atom stereocenters. The molecule has 2 aromatic rings. The summed E-state index contributed by atoms with van der Waals surface area (Å²) in [4.78, 5) is 4.62. The first-order chi connectivity index (χ1) is 8.74. The number of hydrogen-bond donors (Lipinski definition) is 1. The number of thiazole rings is 1. The van der Waals surface area contributed by atoms with Crippen molar-refractivity contribution in [3.63, 3.8) is 0 Å². The quantitative estimate of drug-likeness (QED) is 0.876. The summed E-state index contributed by atoms with van der Waals surface area (Å²) in [6.45, 7) is 4.29. The predicted molar refractivity (Wildman–Crippen MR) is 78.8 cm³/mol. The zero-order chi connectivity index (χ0) is 13.0. The molecule has 2 N–H and O–H groups in total. The topological polar surface area (TPSA) is 38.9 Å². The van der Waals surface area contributed by atoms with Crippen molar-refractivity contribution in [2.24, 2.45) is 5.73 Å². The number of nitrogens with zero attached hydrogens (tertiary/aromatic N) is 1. The highest BCUT2D eigenvalue weighted by Gasteiger charge is 2.09. The molecule has 0 bridgehead atoms. The lowest BCUT2D eigenvalue weighted by Crippen LogP contribution is -2.07. The zero-order valence-electron chi connectivity index (χ0n) is 11.0. The molecule has 2 nitrogen and oxygen atoms in total. The van der Waals surface area contributed by atoms with E-state index >= 15 is 0 Å². The van der Waals surface area contributed by atoms with E-state index in [1.54, 1.807) is 11.3 Å². The molecule has 0 aliphatic heterocycles. The molecule has 0 aliphatic rings. The molecule has 2 rings (SSSR count). The number of hydrogen-bond acceptors (Lipinski definition) is 3. The van der Waals surface area contributed by atoms with Gasteiger partial charge in [0.15, 0.2) is 0 Å². The maximum atomic E-state index is 6.00. The van der Waals surface area contributed by atoms with Gasteiger partial charge in [-0.3, -0.25) is 0 Å². The first-order valence-electron chi connectivity index (χ1n) is 6.55. The minimum Gasteiger partial charge on any atom is -0.322 e. The van der Waals surface area contributed by atoms with Crippen LogP contribution >= 0.6 is 11.3 Å². The van der Waals surface area contributed by atoms with E-state index < -0.39 is 0 Å². The van der Waals surface area contributed by atoms with E-state index in [9.17, 15) is 0 Å². The van der Waals surface area contributed by atoms with Gasteiger partial charge in [-0.1, -0.05) is 44.5 Å². The Balaban J connectivity index is 2.18. The van der Waals surface area contributed by atoms with Crippen molar-refractivity contribution in [1.29, 1.82) is 0 Å². The van der Waals surface area contributed by atoms with E-state index in [1.165, 1.54) is 17.5 Å². The highest BCUT2D eigenvalue weighted by molar-refractivity contribution is 7.10. The highest BCUT2D eigenvalue weighted by Crippen LogP contribution is 2.26. The van der Waals surface area contributed by atoms with Crippen molar-refractivity contribution < 1.29 is 0 Å². The zero-order valence-corrected chi connectivity index (χ0v) is 11.8. The van der Waals surface area contributed by atoms with Crippen molar-refractivity contribution >= 4 is 11.3 Å². The van der Waals surface area contributed by atoms with E-state index in [2.05, 4.69) is 48.5 Å². The van der Waals surface area contributed by atoms with Crippen molar-refractivity contribution in [3.8, 4) is 11.3 Å². The van der Waals surface area contributed by atoms with Crippen LogP contribution in [-0.4, -0.2) is 4.98 Å². The van der Waals surface area contributed by atoms with Crippen LogP contribution in [0, 0.1) is 0 Å². The number of aromatic nitrogens is 1. The van der Waals surface area contributed by atoms with Gasteiger partial charge in [-0.05, 0) is 18.4 Å². The standard InChI is InChI=1S/C15H20N2S/c1-3-5-11-6-8-12(9-7-11)14-10-18-15(17-14)13(16)4-2/h6-10,13H,3-5,16H2,1-2H3. The van der Waals surface area contributed by atoms with E-state index in [-0.39, 0.29) is 6.04 Å². The molecule has 0 fully saturated rings. The Hall–Kier alpha value is -1.19. The SMILES string of the molecule is CCCc1ccc(-c2csc(C(N)CC)n2)cc1. The molecule has 0 saturated carbocycles. The molecule has 18 heavy (non-hydrogen) atoms. The lowest BCUT2D eigenvalue weighted by molar-refractivity contribution is 0.693. The molecule has 1 aromatic carbocycles. The van der Waals surface area contributed by atoms with Crippen molar-refractivity contribution in [1.82, 2.24) is 4.98 Å². The van der Waals surface area contributed by atoms with Crippen LogP contribution in [0.25, 0.3) is 11.3 Å². The Morgan fingerprint density at radius 3 is 2.56 bits per heavy atom. The third-order valence-corrected chi connectivity index (χ3v) is 4.04. The van der Waals surface area contributed by atoms with Crippen LogP contribution in [0.3, 0.4) is 0 Å². The third kappa shape index (κ3) is 2.98. The van der Waals surface area contributed by atoms with E-state index in [0.29, 0.717) is 0 Å². The molecule has 0 saturated heterocycles. The Labute approximate surface area is 113 Å². The molecule has 1 aromatic heterocycles. The summed E-state index contributed by atoms with van der Waals surface area (Å²) in [5.41, 5.74) is 9.61. The maximum Gasteiger partial charge on any atom is 0.110 e. The summed E-state index contributed by atoms with van der Waals surface area (Å²) < 4.78 is 0. The van der Waals surface area contributed by atoms with Crippen LogP contribution in [0.2, 0.25) is 0 Å². The Kier molecular flexibility index (Phi) is 4.50. The van der Waals surface area contributed by atoms with Gasteiger partial charge in [0.25, 0.3) is 0 Å². The smallest absolute Gasteiger partial charge is 0.110 e. The molecular formula is C15H20N2S. The number of nitrogens with two attached hydrogens (primary N) is 1. The highest BCUT2D eigenvalue weighted by atomic mass is 32.1. The van der Waals surface area contributed by atoms with Crippen LogP contribution in [0.1, 0.15) is 43.3 Å². The van der Waals surface area contributed by atoms with Gasteiger partial charge >= 0.3 is 0 Å². The average Bonchev–Trinajstić information content (AvgIpc) is 2.89. The molecule has 0 aliphatic carbocycles. The fourth-order valence-electron chi connectivity index (χ4n) is 1.90. The second kappa shape index (κ2) is 6.12. The van der Waals surface area contributed by atoms with Crippen LogP contribution in [0.15, 0.2) is 29.6 Å². The van der Waals surface area contributed by atoms with E-state index in [0.717, 1.165) is 23.5 Å². The van der Waals surface area contributed by atoms with Gasteiger partial charge < -0.3 is 5.73 Å². The molecule has 1 unspecified atom stereocenters. The third-order valence-electron chi connectivity index (χ3n) is 3.07. The van der Waals surface area contributed by atoms with Crippen LogP contribution in [0.5, 0.6) is 0 Å². The predicted octanol–water partition coefficient (Wildman–Crippen LogP) is 4.17. The van der Waals surface area contributed by atoms with Crippen molar-refractivity contribution in [2.45, 2.75) is 39.2 Å². The van der Waals surface area contributed by atoms with Crippen LogP contribution < -0.4 is 5.73 Å². The molecule has 1 heterocycles. The Morgan fingerprint density at radius 2 is 1.94 bits per heavy atom. The molecule has 96 valence electrons. The first kappa shape index (κ1) is 13.2. The average molecular weight is 260 g/mol. The number of aryl methyl sites for hydroxylation is 1. The first-order valence-corrected chi connectivity index (χ1v) is 7.42. The monoisotopic (exact) mass is 260 g/mol. The molecule has 3 heteroatoms. The summed E-state index contributed by atoms with van der Waals surface area (Å²) in [5, 5.41) is 3.13. The number of benzene rings is 1. The van der Waals surface area contributed by atoms with Gasteiger partial charge in [0, 0.05) is 10.9 Å². The molecule has 0 radical (unpaired) electrons. The lowest BCUT2D eigenvalue weighted by atomic mass is 10.1. The molecule has 0 amide bonds. The fourth-order valence-corrected chi connectivity index (χ4v) is 2.81. The lowest BCUT2D eigenvalue weighted by Gasteiger charge is -2.03. The van der Waals surface area contributed by atoms with Crippen LogP contribution in [0.4, 0.5) is 0 Å². The van der Waals surface area contributed by atoms with Gasteiger partial charge in [0.05, 0.1) is 11.7 Å². The summed E-state index contributed by atoms with van der Waals surface area (Å²) in [6, 6.07) is 8.76. The van der Waals surface area contributed by atoms with Gasteiger partial charge in [0.1, 0.15) is 5.01 Å². The largest absolute Gasteiger partial charge is 0.322 e. The van der Waals surface area contributed by atoms with Gasteiger partial charge in [-0.2, -0.15) is 0 Å². The summed E-state index contributed by atoms with van der Waals surface area (Å²) in [7, 11) is 0. The normalized spacial score (nSPS) is 12.6. The number of rotatable bonds is 5. The van der Waals surface area contributed by atoms with Crippen molar-refractivity contribution in [3.05, 3.63) is 40.2 Å². The Bertz CT molecular complexity index is 487. The van der Waals surface area contributed by atoms with Crippen LogP contribution in [-0.2, 0) is 6.42 Å². The van der Waals surface area contributed by atoms with Gasteiger partial charge in [0.2, 0.25) is 0 Å². The molecular weight excluding hydrogens is 240 g/mol. The van der Waals surface area contributed by atoms with Gasteiger partial charge in [-0.15, -0.1) is 11.3 Å². The fraction of sp³-hybridized carbons (Fsp3) is 0.400. The van der Waals surface area contributed by atoms with Crippen molar-refractivity contribution in [2.75, 3.05) is 0 Å². The second-order valence-corrected chi connectivity index (χ2v) is 5.42. The second-order valence-electron chi connectivity index (χ2n) is 4.53. The maximum absolute atomic E-state index is 6.00. The Morgan fingerprint density at radius 1 is 1.22 bits per heavy atom. The van der Waals surface area contributed by atoms with E-state index in [4.69, 9.17) is 5.73 Å². The molecule has 0 spiro atoms. The van der Waals surface area contributed by atoms with Gasteiger partial charge in [-0.25, -0.2) is 4.98 Å². The summed E-state index contributed by atoms with van der Waals surface area (Å²) in [6.07, 6.45) is 3.26. The minimum atomic E-state index is 0.0723.